The number of aryl methyl sites for hydroxylation is 1. The molecule has 4 heteroatoms. The zero-order valence-electron chi connectivity index (χ0n) is 12.2. The molecule has 1 heterocycles. The van der Waals surface area contributed by atoms with Gasteiger partial charge in [0, 0.05) is 17.8 Å². The summed E-state index contributed by atoms with van der Waals surface area (Å²) in [5.74, 6) is 0.892. The van der Waals surface area contributed by atoms with Gasteiger partial charge in [-0.05, 0) is 36.8 Å². The van der Waals surface area contributed by atoms with Crippen LogP contribution in [0.2, 0.25) is 5.02 Å². The van der Waals surface area contributed by atoms with Crippen LogP contribution in [0.4, 0.5) is 5.69 Å². The fourth-order valence-corrected chi connectivity index (χ4v) is 2.59. The molecule has 0 spiro atoms. The lowest BCUT2D eigenvalue weighted by Crippen LogP contribution is -2.31. The van der Waals surface area contributed by atoms with Crippen LogP contribution in [0.15, 0.2) is 53.5 Å². The molecule has 2 aromatic carbocycles. The minimum atomic E-state index is 0.292. The Morgan fingerprint density at radius 1 is 1.10 bits per heavy atom. The Bertz CT molecular complexity index is 647. The molecule has 0 radical (unpaired) electrons. The number of benzene rings is 2. The summed E-state index contributed by atoms with van der Waals surface area (Å²) in [7, 11) is 2.07. The molecule has 2 aromatic rings. The number of hydrogen-bond donors (Lipinski definition) is 1. The number of likely N-dealkylation sites (N-methyl/N-ethyl adjacent to an activating group) is 1. The van der Waals surface area contributed by atoms with Crippen LogP contribution in [0.25, 0.3) is 0 Å². The number of aliphatic imine (C=N–C) groups is 1. The van der Waals surface area contributed by atoms with E-state index in [4.69, 9.17) is 11.6 Å². The highest BCUT2D eigenvalue weighted by Gasteiger charge is 2.25. The quantitative estimate of drug-likeness (QED) is 0.904. The second-order valence-electron chi connectivity index (χ2n) is 5.33. The highest BCUT2D eigenvalue weighted by atomic mass is 35.5. The van der Waals surface area contributed by atoms with Crippen LogP contribution in [-0.2, 0) is 0 Å². The largest absolute Gasteiger partial charge is 0.337 e. The first-order valence-corrected chi connectivity index (χ1v) is 7.38. The third-order valence-corrected chi connectivity index (χ3v) is 4.03. The Morgan fingerprint density at radius 2 is 1.76 bits per heavy atom. The van der Waals surface area contributed by atoms with Crippen molar-refractivity contribution < 1.29 is 0 Å². The molecule has 0 fully saturated rings. The molecule has 1 N–H and O–H groups in total. The van der Waals surface area contributed by atoms with Gasteiger partial charge in [-0.1, -0.05) is 41.4 Å². The van der Waals surface area contributed by atoms with Crippen LogP contribution in [-0.4, -0.2) is 24.5 Å². The van der Waals surface area contributed by atoms with Gasteiger partial charge in [-0.2, -0.15) is 0 Å². The van der Waals surface area contributed by atoms with Gasteiger partial charge >= 0.3 is 0 Å². The molecule has 3 nitrogen and oxygen atoms in total. The van der Waals surface area contributed by atoms with Crippen molar-refractivity contribution in [3.63, 3.8) is 0 Å². The molecule has 0 aliphatic carbocycles. The van der Waals surface area contributed by atoms with E-state index in [0.717, 1.165) is 23.2 Å². The van der Waals surface area contributed by atoms with Crippen LogP contribution in [0, 0.1) is 6.92 Å². The SMILES string of the molecule is Cc1ccc(C2CN=C(Nc3ccc(Cl)cc3)N2C)cc1. The molecule has 1 unspecified atom stereocenters. The molecule has 0 aromatic heterocycles. The maximum Gasteiger partial charge on any atom is 0.198 e. The maximum atomic E-state index is 5.90. The fourth-order valence-electron chi connectivity index (χ4n) is 2.46. The van der Waals surface area contributed by atoms with Gasteiger partial charge < -0.3 is 10.2 Å². The van der Waals surface area contributed by atoms with Crippen LogP contribution in [0.3, 0.4) is 0 Å². The van der Waals surface area contributed by atoms with Crippen molar-refractivity contribution in [3.05, 3.63) is 64.7 Å². The van der Waals surface area contributed by atoms with Crippen molar-refractivity contribution >= 4 is 23.2 Å². The lowest BCUT2D eigenvalue weighted by Gasteiger charge is -2.24. The number of nitrogens with one attached hydrogen (secondary N) is 1. The summed E-state index contributed by atoms with van der Waals surface area (Å²) in [6.07, 6.45) is 0. The zero-order chi connectivity index (χ0) is 14.8. The van der Waals surface area contributed by atoms with Crippen molar-refractivity contribution in [2.24, 2.45) is 4.99 Å². The predicted octanol–water partition coefficient (Wildman–Crippen LogP) is 4.10. The lowest BCUT2D eigenvalue weighted by atomic mass is 10.1. The van der Waals surface area contributed by atoms with E-state index in [2.05, 4.69) is 53.4 Å². The molecule has 0 bridgehead atoms. The number of nitrogens with zero attached hydrogens (tertiary/aromatic N) is 2. The standard InChI is InChI=1S/C17H18ClN3/c1-12-3-5-13(6-4-12)16-11-19-17(21(16)2)20-15-9-7-14(18)8-10-15/h3-10,16H,11H2,1-2H3,(H,19,20). The van der Waals surface area contributed by atoms with Gasteiger partial charge in [-0.15, -0.1) is 0 Å². The molecule has 0 saturated carbocycles. The maximum absolute atomic E-state index is 5.90. The second-order valence-corrected chi connectivity index (χ2v) is 5.77. The smallest absolute Gasteiger partial charge is 0.198 e. The summed E-state index contributed by atoms with van der Waals surface area (Å²) in [5, 5.41) is 4.08. The Balaban J connectivity index is 1.72. The molecule has 1 atom stereocenters. The van der Waals surface area contributed by atoms with Crippen molar-refractivity contribution in [2.45, 2.75) is 13.0 Å². The van der Waals surface area contributed by atoms with Gasteiger partial charge in [0.25, 0.3) is 0 Å². The van der Waals surface area contributed by atoms with Gasteiger partial charge in [-0.25, -0.2) is 0 Å². The number of halogens is 1. The zero-order valence-corrected chi connectivity index (χ0v) is 12.9. The Hall–Kier alpha value is -2.00. The normalized spacial score (nSPS) is 17.8. The monoisotopic (exact) mass is 299 g/mol. The lowest BCUT2D eigenvalue weighted by molar-refractivity contribution is 0.416. The van der Waals surface area contributed by atoms with Gasteiger partial charge in [0.1, 0.15) is 0 Å². The van der Waals surface area contributed by atoms with Gasteiger partial charge in [-0.3, -0.25) is 4.99 Å². The van der Waals surface area contributed by atoms with E-state index in [1.165, 1.54) is 11.1 Å². The Labute approximate surface area is 130 Å². The molecule has 21 heavy (non-hydrogen) atoms. The van der Waals surface area contributed by atoms with Crippen LogP contribution < -0.4 is 5.32 Å². The Kier molecular flexibility index (Phi) is 3.84. The topological polar surface area (TPSA) is 27.6 Å². The number of guanidine groups is 1. The number of rotatable bonds is 2. The second kappa shape index (κ2) is 5.78. The highest BCUT2D eigenvalue weighted by Crippen LogP contribution is 2.26. The molecule has 0 amide bonds. The molecule has 1 aliphatic heterocycles. The first kappa shape index (κ1) is 14.0. The first-order chi connectivity index (χ1) is 10.1. The summed E-state index contributed by atoms with van der Waals surface area (Å²) in [6.45, 7) is 2.88. The average Bonchev–Trinajstić information content (AvgIpc) is 2.84. The molecule has 0 saturated heterocycles. The third-order valence-electron chi connectivity index (χ3n) is 3.78. The molecule has 1 aliphatic rings. The van der Waals surface area contributed by atoms with Gasteiger partial charge in [0.05, 0.1) is 12.6 Å². The van der Waals surface area contributed by atoms with E-state index < -0.39 is 0 Å². The average molecular weight is 300 g/mol. The van der Waals surface area contributed by atoms with E-state index in [-0.39, 0.29) is 0 Å². The van der Waals surface area contributed by atoms with Crippen molar-refractivity contribution in [2.75, 3.05) is 18.9 Å². The van der Waals surface area contributed by atoms with E-state index in [9.17, 15) is 0 Å². The summed E-state index contributed by atoms with van der Waals surface area (Å²) in [4.78, 5) is 6.79. The van der Waals surface area contributed by atoms with Gasteiger partial charge in [0.15, 0.2) is 5.96 Å². The summed E-state index contributed by atoms with van der Waals surface area (Å²) < 4.78 is 0. The van der Waals surface area contributed by atoms with Crippen LogP contribution in [0.1, 0.15) is 17.2 Å². The minimum Gasteiger partial charge on any atom is -0.337 e. The summed E-state index contributed by atoms with van der Waals surface area (Å²) in [6, 6.07) is 16.6. The van der Waals surface area contributed by atoms with Crippen molar-refractivity contribution in [3.8, 4) is 0 Å². The van der Waals surface area contributed by atoms with Crippen molar-refractivity contribution in [1.29, 1.82) is 0 Å². The predicted molar refractivity (Wildman–Crippen MR) is 89.1 cm³/mol. The number of hydrogen-bond acceptors (Lipinski definition) is 3. The van der Waals surface area contributed by atoms with E-state index >= 15 is 0 Å². The fraction of sp³-hybridized carbons (Fsp3) is 0.235. The van der Waals surface area contributed by atoms with E-state index in [1.54, 1.807) is 0 Å². The van der Waals surface area contributed by atoms with Gasteiger partial charge in [0.2, 0.25) is 0 Å². The van der Waals surface area contributed by atoms with Crippen LogP contribution >= 0.6 is 11.6 Å². The summed E-state index contributed by atoms with van der Waals surface area (Å²) in [5.41, 5.74) is 3.56. The third kappa shape index (κ3) is 3.03. The van der Waals surface area contributed by atoms with E-state index in [1.807, 2.05) is 24.3 Å². The van der Waals surface area contributed by atoms with Crippen LogP contribution in [0.5, 0.6) is 0 Å². The molecule has 108 valence electrons. The molecule has 3 rings (SSSR count). The molecular weight excluding hydrogens is 282 g/mol. The molecular formula is C17H18ClN3. The highest BCUT2D eigenvalue weighted by molar-refractivity contribution is 6.30. The van der Waals surface area contributed by atoms with E-state index in [0.29, 0.717) is 6.04 Å². The minimum absolute atomic E-state index is 0.292. The van der Waals surface area contributed by atoms with Crippen molar-refractivity contribution in [1.82, 2.24) is 4.90 Å². The number of anilines is 1. The summed E-state index contributed by atoms with van der Waals surface area (Å²) >= 11 is 5.90. The first-order valence-electron chi connectivity index (χ1n) is 7.00. The Morgan fingerprint density at radius 3 is 2.43 bits per heavy atom.